The predicted octanol–water partition coefficient (Wildman–Crippen LogP) is 1.89. The molecule has 1 aliphatic rings. The van der Waals surface area contributed by atoms with Crippen molar-refractivity contribution in [2.75, 3.05) is 18.1 Å². The third-order valence-electron chi connectivity index (χ3n) is 3.47. The zero-order chi connectivity index (χ0) is 13.4. The summed E-state index contributed by atoms with van der Waals surface area (Å²) in [6.07, 6.45) is 1.16. The number of nitrogens with two attached hydrogens (primary N) is 1. The quantitative estimate of drug-likeness (QED) is 0.917. The van der Waals surface area contributed by atoms with Crippen LogP contribution in [0.3, 0.4) is 0 Å². The van der Waals surface area contributed by atoms with E-state index in [0.717, 1.165) is 5.56 Å². The van der Waals surface area contributed by atoms with Crippen molar-refractivity contribution in [2.24, 2.45) is 11.1 Å². The third kappa shape index (κ3) is 2.92. The Kier molecular flexibility index (Phi) is 3.80. The number of hydrogen-bond acceptors (Lipinski definition) is 3. The summed E-state index contributed by atoms with van der Waals surface area (Å²) in [5, 5.41) is 0. The molecule has 0 saturated carbocycles. The van der Waals surface area contributed by atoms with E-state index in [4.69, 9.17) is 5.73 Å². The topological polar surface area (TPSA) is 60.2 Å². The molecule has 0 spiro atoms. The van der Waals surface area contributed by atoms with Crippen molar-refractivity contribution in [3.63, 3.8) is 0 Å². The minimum absolute atomic E-state index is 0.130. The molecule has 1 fully saturated rings. The van der Waals surface area contributed by atoms with E-state index in [-0.39, 0.29) is 17.3 Å². The van der Waals surface area contributed by atoms with Crippen molar-refractivity contribution >= 4 is 25.8 Å². The van der Waals surface area contributed by atoms with Gasteiger partial charge in [-0.25, -0.2) is 12.8 Å². The fourth-order valence-corrected chi connectivity index (χ4v) is 5.05. The standard InChI is InChI=1S/C12H15BrFNO2S/c13-10-5-9(1-2-11(10)14)6-12(7-15)3-4-18(16,17)8-12/h1-2,5H,3-4,6-8,15H2. The van der Waals surface area contributed by atoms with Crippen molar-refractivity contribution in [3.8, 4) is 0 Å². The molecule has 1 heterocycles. The fourth-order valence-electron chi connectivity index (χ4n) is 2.44. The SMILES string of the molecule is NCC1(Cc2ccc(F)c(Br)c2)CCS(=O)(=O)C1. The number of rotatable bonds is 3. The Labute approximate surface area is 115 Å². The normalized spacial score (nSPS) is 26.4. The fraction of sp³-hybridized carbons (Fsp3) is 0.500. The second-order valence-corrected chi connectivity index (χ2v) is 8.01. The van der Waals surface area contributed by atoms with E-state index in [0.29, 0.717) is 23.9 Å². The third-order valence-corrected chi connectivity index (χ3v) is 5.95. The molecule has 0 radical (unpaired) electrons. The van der Waals surface area contributed by atoms with Gasteiger partial charge in [0.05, 0.1) is 16.0 Å². The van der Waals surface area contributed by atoms with Gasteiger partial charge < -0.3 is 5.73 Å². The van der Waals surface area contributed by atoms with Crippen LogP contribution in [0.25, 0.3) is 0 Å². The van der Waals surface area contributed by atoms with E-state index >= 15 is 0 Å². The van der Waals surface area contributed by atoms with Crippen molar-refractivity contribution in [2.45, 2.75) is 12.8 Å². The van der Waals surface area contributed by atoms with Crippen molar-refractivity contribution in [1.29, 1.82) is 0 Å². The lowest BCUT2D eigenvalue weighted by molar-refractivity contribution is 0.344. The summed E-state index contributed by atoms with van der Waals surface area (Å²) in [5.74, 6) is 0.0116. The molecule has 1 aromatic rings. The Morgan fingerprint density at radius 3 is 2.67 bits per heavy atom. The second-order valence-electron chi connectivity index (χ2n) is 4.97. The van der Waals surface area contributed by atoms with Crippen LogP contribution < -0.4 is 5.73 Å². The molecule has 2 N–H and O–H groups in total. The zero-order valence-electron chi connectivity index (χ0n) is 9.83. The summed E-state index contributed by atoms with van der Waals surface area (Å²) in [7, 11) is -2.97. The first-order valence-electron chi connectivity index (χ1n) is 5.70. The van der Waals surface area contributed by atoms with Crippen molar-refractivity contribution in [3.05, 3.63) is 34.1 Å². The summed E-state index contributed by atoms with van der Waals surface area (Å²) >= 11 is 3.13. The van der Waals surface area contributed by atoms with Crippen LogP contribution in [0.4, 0.5) is 4.39 Å². The largest absolute Gasteiger partial charge is 0.330 e. The Balaban J connectivity index is 2.23. The van der Waals surface area contributed by atoms with Gasteiger partial charge in [-0.3, -0.25) is 0 Å². The minimum Gasteiger partial charge on any atom is -0.330 e. The van der Waals surface area contributed by atoms with Gasteiger partial charge in [0.1, 0.15) is 5.82 Å². The van der Waals surface area contributed by atoms with Gasteiger partial charge in [0, 0.05) is 5.41 Å². The highest BCUT2D eigenvalue weighted by Gasteiger charge is 2.41. The second kappa shape index (κ2) is 4.90. The number of halogens is 2. The predicted molar refractivity (Wildman–Crippen MR) is 72.6 cm³/mol. The summed E-state index contributed by atoms with van der Waals surface area (Å²) in [5.41, 5.74) is 6.27. The molecule has 0 aliphatic carbocycles. The molecule has 3 nitrogen and oxygen atoms in total. The lowest BCUT2D eigenvalue weighted by atomic mass is 9.81. The first kappa shape index (κ1) is 14.0. The van der Waals surface area contributed by atoms with Crippen LogP contribution >= 0.6 is 15.9 Å². The van der Waals surface area contributed by atoms with E-state index in [1.165, 1.54) is 6.07 Å². The van der Waals surface area contributed by atoms with E-state index in [9.17, 15) is 12.8 Å². The molecule has 0 bridgehead atoms. The van der Waals surface area contributed by atoms with E-state index < -0.39 is 15.3 Å². The molecule has 2 rings (SSSR count). The lowest BCUT2D eigenvalue weighted by Gasteiger charge is -2.25. The zero-order valence-corrected chi connectivity index (χ0v) is 12.2. The average Bonchev–Trinajstić information content (AvgIpc) is 2.60. The maximum Gasteiger partial charge on any atom is 0.150 e. The summed E-state index contributed by atoms with van der Waals surface area (Å²) < 4.78 is 36.7. The Morgan fingerprint density at radius 2 is 2.17 bits per heavy atom. The van der Waals surface area contributed by atoms with Gasteiger partial charge in [0.15, 0.2) is 9.84 Å². The molecule has 1 saturated heterocycles. The van der Waals surface area contributed by atoms with Crippen LogP contribution in [-0.4, -0.2) is 26.5 Å². The van der Waals surface area contributed by atoms with Crippen LogP contribution in [-0.2, 0) is 16.3 Å². The smallest absolute Gasteiger partial charge is 0.150 e. The van der Waals surface area contributed by atoms with Gasteiger partial charge in [-0.15, -0.1) is 0 Å². The number of hydrogen-bond donors (Lipinski definition) is 1. The summed E-state index contributed by atoms with van der Waals surface area (Å²) in [4.78, 5) is 0. The molecule has 0 aromatic heterocycles. The maximum atomic E-state index is 13.1. The van der Waals surface area contributed by atoms with Crippen LogP contribution in [0.15, 0.2) is 22.7 Å². The van der Waals surface area contributed by atoms with E-state index in [1.807, 2.05) is 0 Å². The highest BCUT2D eigenvalue weighted by Crippen LogP contribution is 2.35. The van der Waals surface area contributed by atoms with Gasteiger partial charge in [-0.1, -0.05) is 6.07 Å². The van der Waals surface area contributed by atoms with Gasteiger partial charge in [-0.05, 0) is 53.0 Å². The molecule has 6 heteroatoms. The van der Waals surface area contributed by atoms with Crippen LogP contribution in [0.1, 0.15) is 12.0 Å². The van der Waals surface area contributed by atoms with Gasteiger partial charge >= 0.3 is 0 Å². The molecule has 100 valence electrons. The minimum atomic E-state index is -2.97. The molecule has 1 unspecified atom stereocenters. The number of sulfone groups is 1. The first-order valence-corrected chi connectivity index (χ1v) is 8.32. The number of benzene rings is 1. The molecular formula is C12H15BrFNO2S. The van der Waals surface area contributed by atoms with E-state index in [2.05, 4.69) is 15.9 Å². The van der Waals surface area contributed by atoms with Crippen LogP contribution in [0.5, 0.6) is 0 Å². The van der Waals surface area contributed by atoms with Crippen molar-refractivity contribution < 1.29 is 12.8 Å². The van der Waals surface area contributed by atoms with Gasteiger partial charge in [0.2, 0.25) is 0 Å². The molecular weight excluding hydrogens is 321 g/mol. The maximum absolute atomic E-state index is 13.1. The molecule has 1 aromatic carbocycles. The Hall–Kier alpha value is -0.460. The highest BCUT2D eigenvalue weighted by molar-refractivity contribution is 9.10. The van der Waals surface area contributed by atoms with Crippen molar-refractivity contribution in [1.82, 2.24) is 0 Å². The van der Waals surface area contributed by atoms with Gasteiger partial charge in [0.25, 0.3) is 0 Å². The molecule has 0 amide bonds. The van der Waals surface area contributed by atoms with E-state index in [1.54, 1.807) is 12.1 Å². The first-order chi connectivity index (χ1) is 8.36. The highest BCUT2D eigenvalue weighted by atomic mass is 79.9. The van der Waals surface area contributed by atoms with Crippen LogP contribution in [0.2, 0.25) is 0 Å². The molecule has 18 heavy (non-hydrogen) atoms. The molecule has 1 aliphatic heterocycles. The summed E-state index contributed by atoms with van der Waals surface area (Å²) in [6, 6.07) is 4.76. The summed E-state index contributed by atoms with van der Waals surface area (Å²) in [6.45, 7) is 0.335. The monoisotopic (exact) mass is 335 g/mol. The Morgan fingerprint density at radius 1 is 1.44 bits per heavy atom. The lowest BCUT2D eigenvalue weighted by Crippen LogP contribution is -2.34. The average molecular weight is 336 g/mol. The molecule has 1 atom stereocenters. The Bertz CT molecular complexity index is 561. The van der Waals surface area contributed by atoms with Crippen LogP contribution in [0, 0.1) is 11.2 Å². The van der Waals surface area contributed by atoms with Gasteiger partial charge in [-0.2, -0.15) is 0 Å².